The number of likely N-dealkylation sites (tertiary alicyclic amines) is 1. The van der Waals surface area contributed by atoms with Crippen LogP contribution in [0.5, 0.6) is 0 Å². The average molecular weight is 239 g/mol. The maximum atomic E-state index is 10.6. The Hall–Kier alpha value is -0.0800. The van der Waals surface area contributed by atoms with E-state index in [4.69, 9.17) is 0 Å². The molecule has 0 aromatic carbocycles. The van der Waals surface area contributed by atoms with Gasteiger partial charge in [0.25, 0.3) is 0 Å². The van der Waals surface area contributed by atoms with Crippen LogP contribution in [0, 0.1) is 11.3 Å². The number of aliphatic hydroxyl groups excluding tert-OH is 1. The normalized spacial score (nSPS) is 39.9. The van der Waals surface area contributed by atoms with Crippen LogP contribution in [0.25, 0.3) is 0 Å². The predicted octanol–water partition coefficient (Wildman–Crippen LogP) is 3.05. The molecule has 2 nitrogen and oxygen atoms in total. The summed E-state index contributed by atoms with van der Waals surface area (Å²) < 4.78 is 0. The van der Waals surface area contributed by atoms with Crippen molar-refractivity contribution in [2.45, 2.75) is 71.4 Å². The van der Waals surface area contributed by atoms with Crippen LogP contribution < -0.4 is 0 Å². The molecule has 17 heavy (non-hydrogen) atoms. The van der Waals surface area contributed by atoms with E-state index >= 15 is 0 Å². The molecule has 0 aromatic heterocycles. The van der Waals surface area contributed by atoms with E-state index in [9.17, 15) is 5.11 Å². The predicted molar refractivity (Wildman–Crippen MR) is 72.0 cm³/mol. The Morgan fingerprint density at radius 1 is 1.06 bits per heavy atom. The molecule has 2 heteroatoms. The van der Waals surface area contributed by atoms with Gasteiger partial charge < -0.3 is 5.11 Å². The molecule has 3 unspecified atom stereocenters. The number of nitrogens with zero attached hydrogens (tertiary/aromatic N) is 1. The number of hydrogen-bond donors (Lipinski definition) is 1. The summed E-state index contributed by atoms with van der Waals surface area (Å²) in [5, 5.41) is 10.6. The maximum absolute atomic E-state index is 10.6. The van der Waals surface area contributed by atoms with Gasteiger partial charge in [0.05, 0.1) is 6.10 Å². The number of aliphatic hydroxyl groups is 1. The second-order valence-corrected chi connectivity index (χ2v) is 6.97. The largest absolute Gasteiger partial charge is 0.391 e. The maximum Gasteiger partial charge on any atom is 0.0746 e. The Bertz CT molecular complexity index is 251. The van der Waals surface area contributed by atoms with E-state index in [0.29, 0.717) is 6.04 Å². The quantitative estimate of drug-likeness (QED) is 0.760. The van der Waals surface area contributed by atoms with E-state index in [1.54, 1.807) is 0 Å². The third-order valence-corrected chi connectivity index (χ3v) is 5.01. The summed E-state index contributed by atoms with van der Waals surface area (Å²) in [6.45, 7) is 9.21. The lowest BCUT2D eigenvalue weighted by Gasteiger charge is -2.45. The van der Waals surface area contributed by atoms with Gasteiger partial charge in [0.1, 0.15) is 0 Å². The lowest BCUT2D eigenvalue weighted by Crippen LogP contribution is -2.52. The third kappa shape index (κ3) is 3.03. The molecule has 0 amide bonds. The highest BCUT2D eigenvalue weighted by molar-refractivity contribution is 4.93. The highest BCUT2D eigenvalue weighted by atomic mass is 16.3. The van der Waals surface area contributed by atoms with Gasteiger partial charge in [-0.15, -0.1) is 0 Å². The summed E-state index contributed by atoms with van der Waals surface area (Å²) in [6.07, 6.45) is 7.50. The van der Waals surface area contributed by atoms with Crippen molar-refractivity contribution in [1.29, 1.82) is 0 Å². The van der Waals surface area contributed by atoms with Gasteiger partial charge >= 0.3 is 0 Å². The molecule has 1 saturated heterocycles. The first-order valence-electron chi connectivity index (χ1n) is 7.43. The van der Waals surface area contributed by atoms with Gasteiger partial charge in [0.2, 0.25) is 0 Å². The van der Waals surface area contributed by atoms with Gasteiger partial charge in [0, 0.05) is 6.04 Å². The van der Waals surface area contributed by atoms with Crippen LogP contribution >= 0.6 is 0 Å². The van der Waals surface area contributed by atoms with Gasteiger partial charge in [-0.05, 0) is 56.5 Å². The highest BCUT2D eigenvalue weighted by Crippen LogP contribution is 2.38. The van der Waals surface area contributed by atoms with E-state index in [1.165, 1.54) is 51.6 Å². The zero-order valence-corrected chi connectivity index (χ0v) is 11.8. The third-order valence-electron chi connectivity index (χ3n) is 5.01. The van der Waals surface area contributed by atoms with Crippen molar-refractivity contribution in [3.63, 3.8) is 0 Å². The Balaban J connectivity index is 2.00. The van der Waals surface area contributed by atoms with E-state index in [1.807, 2.05) is 0 Å². The van der Waals surface area contributed by atoms with Gasteiger partial charge in [-0.25, -0.2) is 0 Å². The van der Waals surface area contributed by atoms with E-state index < -0.39 is 0 Å². The van der Waals surface area contributed by atoms with Crippen molar-refractivity contribution in [2.75, 3.05) is 13.1 Å². The van der Waals surface area contributed by atoms with Crippen LogP contribution in [-0.4, -0.2) is 35.2 Å². The minimum absolute atomic E-state index is 0.112. The minimum Gasteiger partial charge on any atom is -0.391 e. The van der Waals surface area contributed by atoms with E-state index in [-0.39, 0.29) is 11.5 Å². The first-order valence-corrected chi connectivity index (χ1v) is 7.43. The van der Waals surface area contributed by atoms with Crippen LogP contribution in [0.1, 0.15) is 59.3 Å². The average Bonchev–Trinajstić information content (AvgIpc) is 2.47. The molecule has 1 N–H and O–H groups in total. The van der Waals surface area contributed by atoms with Gasteiger partial charge in [-0.3, -0.25) is 4.90 Å². The molecule has 2 aliphatic rings. The fourth-order valence-corrected chi connectivity index (χ4v) is 3.59. The molecule has 100 valence electrons. The smallest absolute Gasteiger partial charge is 0.0746 e. The lowest BCUT2D eigenvalue weighted by atomic mass is 9.72. The topological polar surface area (TPSA) is 23.5 Å². The van der Waals surface area contributed by atoms with Crippen molar-refractivity contribution >= 4 is 0 Å². The first kappa shape index (κ1) is 13.4. The molecule has 2 rings (SSSR count). The molecule has 1 heterocycles. The second kappa shape index (κ2) is 5.27. The fraction of sp³-hybridized carbons (Fsp3) is 1.00. The molecule has 1 saturated carbocycles. The molecule has 2 fully saturated rings. The molecule has 0 aromatic rings. The van der Waals surface area contributed by atoms with Gasteiger partial charge in [0.15, 0.2) is 0 Å². The Morgan fingerprint density at radius 2 is 1.82 bits per heavy atom. The molecule has 0 bridgehead atoms. The molecule has 1 aliphatic heterocycles. The van der Waals surface area contributed by atoms with Crippen LogP contribution in [0.4, 0.5) is 0 Å². The summed E-state index contributed by atoms with van der Waals surface area (Å²) >= 11 is 0. The first-order chi connectivity index (χ1) is 8.00. The SMILES string of the molecule is CC1CCCN(C2CCCC(C)(C)C2O)CC1. The standard InChI is InChI=1S/C15H29NO/c1-12-6-5-10-16(11-8-12)13-7-4-9-15(2,3)14(13)17/h12-14,17H,4-11H2,1-3H3. The molecular formula is C15H29NO. The van der Waals surface area contributed by atoms with Gasteiger partial charge in [-0.2, -0.15) is 0 Å². The zero-order chi connectivity index (χ0) is 12.5. The lowest BCUT2D eigenvalue weighted by molar-refractivity contribution is -0.0566. The Morgan fingerprint density at radius 3 is 2.59 bits per heavy atom. The monoisotopic (exact) mass is 239 g/mol. The van der Waals surface area contributed by atoms with Crippen LogP contribution in [-0.2, 0) is 0 Å². The summed E-state index contributed by atoms with van der Waals surface area (Å²) in [5.74, 6) is 0.869. The summed E-state index contributed by atoms with van der Waals surface area (Å²) in [6, 6.07) is 0.420. The van der Waals surface area contributed by atoms with Crippen LogP contribution in [0.15, 0.2) is 0 Å². The Labute approximate surface area is 106 Å². The van der Waals surface area contributed by atoms with Crippen molar-refractivity contribution in [2.24, 2.45) is 11.3 Å². The molecular weight excluding hydrogens is 210 g/mol. The van der Waals surface area contributed by atoms with Crippen molar-refractivity contribution in [3.8, 4) is 0 Å². The highest BCUT2D eigenvalue weighted by Gasteiger charge is 2.40. The van der Waals surface area contributed by atoms with Crippen molar-refractivity contribution in [3.05, 3.63) is 0 Å². The fourth-order valence-electron chi connectivity index (χ4n) is 3.59. The summed E-state index contributed by atoms with van der Waals surface area (Å²) in [4.78, 5) is 2.58. The number of rotatable bonds is 1. The summed E-state index contributed by atoms with van der Waals surface area (Å²) in [7, 11) is 0. The van der Waals surface area contributed by atoms with E-state index in [0.717, 1.165) is 5.92 Å². The van der Waals surface area contributed by atoms with Crippen LogP contribution in [0.2, 0.25) is 0 Å². The van der Waals surface area contributed by atoms with Crippen molar-refractivity contribution < 1.29 is 5.11 Å². The molecule has 0 spiro atoms. The number of hydrogen-bond acceptors (Lipinski definition) is 2. The summed E-state index contributed by atoms with van der Waals surface area (Å²) in [5.41, 5.74) is 0.112. The van der Waals surface area contributed by atoms with Crippen LogP contribution in [0.3, 0.4) is 0 Å². The minimum atomic E-state index is -0.135. The Kier molecular flexibility index (Phi) is 4.14. The molecule has 0 radical (unpaired) electrons. The molecule has 1 aliphatic carbocycles. The van der Waals surface area contributed by atoms with E-state index in [2.05, 4.69) is 25.7 Å². The molecule has 3 atom stereocenters. The van der Waals surface area contributed by atoms with Crippen molar-refractivity contribution in [1.82, 2.24) is 4.90 Å². The zero-order valence-electron chi connectivity index (χ0n) is 11.8. The van der Waals surface area contributed by atoms with Gasteiger partial charge in [-0.1, -0.05) is 27.2 Å². The second-order valence-electron chi connectivity index (χ2n) is 6.97.